The number of anilines is 1. The van der Waals surface area contributed by atoms with Gasteiger partial charge in [0, 0.05) is 18.7 Å². The number of likely N-dealkylation sites (tertiary alicyclic amines) is 1. The third kappa shape index (κ3) is 4.07. The molecule has 0 spiro atoms. The Hall–Kier alpha value is -2.82. The minimum atomic E-state index is -0.950. The molecule has 1 fully saturated rings. The first-order chi connectivity index (χ1) is 14.3. The number of carbonyl (C=O) groups is 2. The van der Waals surface area contributed by atoms with E-state index < -0.39 is 5.60 Å². The van der Waals surface area contributed by atoms with Gasteiger partial charge in [0.2, 0.25) is 0 Å². The number of carbonyl (C=O) groups excluding carboxylic acids is 2. The highest BCUT2D eigenvalue weighted by Crippen LogP contribution is 2.39. The number of ether oxygens (including phenoxy) is 1. The van der Waals surface area contributed by atoms with Crippen molar-refractivity contribution in [1.82, 2.24) is 4.90 Å². The predicted octanol–water partition coefficient (Wildman–Crippen LogP) is 4.72. The molecule has 2 aromatic rings. The molecular formula is C25H30N2O3. The zero-order chi connectivity index (χ0) is 21.3. The molecule has 0 N–H and O–H groups in total. The van der Waals surface area contributed by atoms with E-state index in [0.29, 0.717) is 23.5 Å². The van der Waals surface area contributed by atoms with Gasteiger partial charge in [0.25, 0.3) is 11.8 Å². The van der Waals surface area contributed by atoms with Crippen LogP contribution >= 0.6 is 0 Å². The van der Waals surface area contributed by atoms with Crippen LogP contribution in [0.15, 0.2) is 42.5 Å². The van der Waals surface area contributed by atoms with E-state index in [2.05, 4.69) is 0 Å². The molecule has 4 rings (SSSR count). The van der Waals surface area contributed by atoms with Gasteiger partial charge in [-0.1, -0.05) is 42.7 Å². The SMILES string of the molecule is Cc1ccc(CN2C(=O)C(C)(C)Oc3ccc(C(=O)N4CCCCCC4)cc32)cc1. The average molecular weight is 407 g/mol. The molecule has 0 radical (unpaired) electrons. The highest BCUT2D eigenvalue weighted by atomic mass is 16.5. The van der Waals surface area contributed by atoms with Crippen molar-refractivity contribution in [1.29, 1.82) is 0 Å². The van der Waals surface area contributed by atoms with Gasteiger partial charge in [0.1, 0.15) is 5.75 Å². The van der Waals surface area contributed by atoms with Crippen molar-refractivity contribution in [2.75, 3.05) is 18.0 Å². The van der Waals surface area contributed by atoms with Crippen LogP contribution in [0, 0.1) is 6.92 Å². The molecule has 0 bridgehead atoms. The molecule has 158 valence electrons. The first-order valence-electron chi connectivity index (χ1n) is 10.8. The van der Waals surface area contributed by atoms with Crippen LogP contribution in [0.5, 0.6) is 5.75 Å². The van der Waals surface area contributed by atoms with Crippen molar-refractivity contribution in [2.24, 2.45) is 0 Å². The Morgan fingerprint density at radius 3 is 2.33 bits per heavy atom. The Morgan fingerprint density at radius 2 is 1.67 bits per heavy atom. The van der Waals surface area contributed by atoms with Gasteiger partial charge in [0.05, 0.1) is 12.2 Å². The first kappa shape index (κ1) is 20.5. The standard InChI is InChI=1S/C25H30N2O3/c1-18-8-10-19(11-9-18)17-27-21-16-20(23(28)26-14-6-4-5-7-15-26)12-13-22(21)30-25(2,3)24(27)29/h8-13,16H,4-7,14-15,17H2,1-3H3. The molecule has 0 saturated carbocycles. The monoisotopic (exact) mass is 406 g/mol. The van der Waals surface area contributed by atoms with Gasteiger partial charge in [-0.3, -0.25) is 9.59 Å². The number of amides is 2. The summed E-state index contributed by atoms with van der Waals surface area (Å²) in [6.45, 7) is 7.66. The van der Waals surface area contributed by atoms with Crippen LogP contribution in [0.4, 0.5) is 5.69 Å². The van der Waals surface area contributed by atoms with Crippen molar-refractivity contribution < 1.29 is 14.3 Å². The van der Waals surface area contributed by atoms with Gasteiger partial charge in [-0.25, -0.2) is 0 Å². The third-order valence-electron chi connectivity index (χ3n) is 5.98. The Labute approximate surface area is 178 Å². The van der Waals surface area contributed by atoms with Crippen LogP contribution in [0.2, 0.25) is 0 Å². The quantitative estimate of drug-likeness (QED) is 0.741. The summed E-state index contributed by atoms with van der Waals surface area (Å²) in [6.07, 6.45) is 4.45. The van der Waals surface area contributed by atoms with Crippen molar-refractivity contribution in [3.63, 3.8) is 0 Å². The van der Waals surface area contributed by atoms with E-state index in [1.807, 2.05) is 54.3 Å². The summed E-state index contributed by atoms with van der Waals surface area (Å²) in [6, 6.07) is 13.6. The molecule has 5 heteroatoms. The normalized spacial score (nSPS) is 18.4. The molecule has 30 heavy (non-hydrogen) atoms. The highest BCUT2D eigenvalue weighted by Gasteiger charge is 2.41. The zero-order valence-corrected chi connectivity index (χ0v) is 18.1. The Kier molecular flexibility index (Phi) is 5.54. The van der Waals surface area contributed by atoms with Gasteiger partial charge >= 0.3 is 0 Å². The maximum atomic E-state index is 13.2. The minimum Gasteiger partial charge on any atom is -0.476 e. The maximum absolute atomic E-state index is 13.2. The highest BCUT2D eigenvalue weighted by molar-refractivity contribution is 6.04. The van der Waals surface area contributed by atoms with Crippen molar-refractivity contribution in [3.8, 4) is 5.75 Å². The molecule has 0 aliphatic carbocycles. The van der Waals surface area contributed by atoms with E-state index in [-0.39, 0.29) is 11.8 Å². The molecule has 0 aromatic heterocycles. The Morgan fingerprint density at radius 1 is 1.00 bits per heavy atom. The fourth-order valence-electron chi connectivity index (χ4n) is 4.19. The molecule has 2 heterocycles. The van der Waals surface area contributed by atoms with Crippen molar-refractivity contribution in [2.45, 2.75) is 58.6 Å². The second kappa shape index (κ2) is 8.13. The summed E-state index contributed by atoms with van der Waals surface area (Å²) in [4.78, 5) is 30.0. The van der Waals surface area contributed by atoms with Crippen LogP contribution in [-0.2, 0) is 11.3 Å². The Bertz CT molecular complexity index is 941. The smallest absolute Gasteiger partial charge is 0.271 e. The summed E-state index contributed by atoms with van der Waals surface area (Å²) in [5.41, 5.74) is 2.55. The lowest BCUT2D eigenvalue weighted by molar-refractivity contribution is -0.132. The predicted molar refractivity (Wildman–Crippen MR) is 118 cm³/mol. The lowest BCUT2D eigenvalue weighted by atomic mass is 10.0. The number of benzene rings is 2. The number of aryl methyl sites for hydroxylation is 1. The summed E-state index contributed by atoms with van der Waals surface area (Å²) in [7, 11) is 0. The molecule has 2 aliphatic rings. The van der Waals surface area contributed by atoms with Gasteiger partial charge in [-0.2, -0.15) is 0 Å². The second-order valence-electron chi connectivity index (χ2n) is 8.88. The lowest BCUT2D eigenvalue weighted by Gasteiger charge is -2.39. The molecule has 2 amide bonds. The van der Waals surface area contributed by atoms with E-state index in [1.54, 1.807) is 18.7 Å². The second-order valence-corrected chi connectivity index (χ2v) is 8.88. The summed E-state index contributed by atoms with van der Waals surface area (Å²) in [5.74, 6) is 0.571. The van der Waals surface area contributed by atoms with Crippen molar-refractivity contribution >= 4 is 17.5 Å². The van der Waals surface area contributed by atoms with E-state index in [0.717, 1.165) is 31.5 Å². The average Bonchev–Trinajstić information content (AvgIpc) is 3.01. The van der Waals surface area contributed by atoms with Crippen molar-refractivity contribution in [3.05, 3.63) is 59.2 Å². The summed E-state index contributed by atoms with van der Waals surface area (Å²) >= 11 is 0. The van der Waals surface area contributed by atoms with Crippen LogP contribution in [-0.4, -0.2) is 35.4 Å². The zero-order valence-electron chi connectivity index (χ0n) is 18.1. The van der Waals surface area contributed by atoms with Crippen LogP contribution in [0.3, 0.4) is 0 Å². The van der Waals surface area contributed by atoms with E-state index in [9.17, 15) is 9.59 Å². The van der Waals surface area contributed by atoms with Crippen LogP contribution < -0.4 is 9.64 Å². The van der Waals surface area contributed by atoms with E-state index in [1.165, 1.54) is 18.4 Å². The van der Waals surface area contributed by atoms with Gasteiger partial charge in [0.15, 0.2) is 5.60 Å². The molecular weight excluding hydrogens is 376 g/mol. The van der Waals surface area contributed by atoms with Gasteiger partial charge in [-0.15, -0.1) is 0 Å². The lowest BCUT2D eigenvalue weighted by Crippen LogP contribution is -2.52. The van der Waals surface area contributed by atoms with Gasteiger partial charge in [-0.05, 0) is 57.4 Å². The number of hydrogen-bond donors (Lipinski definition) is 0. The molecule has 1 saturated heterocycles. The Balaban J connectivity index is 1.68. The third-order valence-corrected chi connectivity index (χ3v) is 5.98. The fourth-order valence-corrected chi connectivity index (χ4v) is 4.19. The first-order valence-corrected chi connectivity index (χ1v) is 10.8. The number of hydrogen-bond acceptors (Lipinski definition) is 3. The van der Waals surface area contributed by atoms with Gasteiger partial charge < -0.3 is 14.5 Å². The number of nitrogens with zero attached hydrogens (tertiary/aromatic N) is 2. The van der Waals surface area contributed by atoms with E-state index in [4.69, 9.17) is 4.74 Å². The van der Waals surface area contributed by atoms with Crippen LogP contribution in [0.25, 0.3) is 0 Å². The molecule has 2 aliphatic heterocycles. The molecule has 0 atom stereocenters. The number of fused-ring (bicyclic) bond motifs is 1. The maximum Gasteiger partial charge on any atom is 0.271 e. The fraction of sp³-hybridized carbons (Fsp3) is 0.440. The minimum absolute atomic E-state index is 0.0345. The number of rotatable bonds is 3. The van der Waals surface area contributed by atoms with Crippen LogP contribution in [0.1, 0.15) is 61.0 Å². The topological polar surface area (TPSA) is 49.9 Å². The largest absolute Gasteiger partial charge is 0.476 e. The molecule has 0 unspecified atom stereocenters. The van der Waals surface area contributed by atoms with E-state index >= 15 is 0 Å². The molecule has 2 aromatic carbocycles. The summed E-state index contributed by atoms with van der Waals surface area (Å²) in [5, 5.41) is 0. The molecule has 5 nitrogen and oxygen atoms in total. The summed E-state index contributed by atoms with van der Waals surface area (Å²) < 4.78 is 6.00.